The fourth-order valence-electron chi connectivity index (χ4n) is 8.13. The Labute approximate surface area is 364 Å². The van der Waals surface area contributed by atoms with Crippen molar-refractivity contribution in [2.45, 2.75) is 122 Å². The Kier molecular flexibility index (Phi) is 16.6. The van der Waals surface area contributed by atoms with Gasteiger partial charge in [-0.25, -0.2) is 4.79 Å². The number of amides is 6. The molecule has 5 rings (SSSR count). The van der Waals surface area contributed by atoms with E-state index in [4.69, 9.17) is 9.47 Å². The number of ketones is 1. The van der Waals surface area contributed by atoms with Gasteiger partial charge in [-0.1, -0.05) is 105 Å². The number of hydrogen-bond acceptors (Lipinski definition) is 9. The van der Waals surface area contributed by atoms with Gasteiger partial charge in [-0.05, 0) is 67.9 Å². The summed E-state index contributed by atoms with van der Waals surface area (Å²) in [6.07, 6.45) is 3.50. The lowest BCUT2D eigenvalue weighted by atomic mass is 9.83. The van der Waals surface area contributed by atoms with Crippen molar-refractivity contribution in [1.29, 1.82) is 0 Å². The Bertz CT molecular complexity index is 2060. The van der Waals surface area contributed by atoms with Crippen molar-refractivity contribution < 1.29 is 43.0 Å². The third-order valence-electron chi connectivity index (χ3n) is 11.2. The normalized spacial score (nSPS) is 18.2. The molecule has 1 saturated carbocycles. The number of nitrogens with one attached hydrogen (secondary N) is 4. The molecule has 15 nitrogen and oxygen atoms in total. The molecular formula is C47H62N6O9. The number of benzene rings is 3. The molecule has 5 atom stereocenters. The summed E-state index contributed by atoms with van der Waals surface area (Å²) in [6.45, 7) is 6.66. The number of likely N-dealkylation sites (N-methyl/N-ethyl adjacent to an activating group) is 1. The number of hydrogen-bond donors (Lipinski definition) is 4. The van der Waals surface area contributed by atoms with Gasteiger partial charge in [-0.15, -0.1) is 0 Å². The first kappa shape index (κ1) is 47.2. The Hall–Kier alpha value is -5.83. The maximum absolute atomic E-state index is 14.7. The average Bonchev–Trinajstić information content (AvgIpc) is 3.69. The number of likely N-dealkylation sites (tertiary alicyclic amines) is 1. The fourth-order valence-corrected chi connectivity index (χ4v) is 8.13. The molecule has 0 bridgehead atoms. The van der Waals surface area contributed by atoms with Crippen molar-refractivity contribution in [3.05, 3.63) is 83.9 Å². The third-order valence-corrected chi connectivity index (χ3v) is 11.2. The lowest BCUT2D eigenvalue weighted by molar-refractivity contribution is -0.143. The van der Waals surface area contributed by atoms with Crippen molar-refractivity contribution in [2.24, 2.45) is 5.92 Å². The molecule has 334 valence electrons. The number of fused-ring (bicyclic) bond motifs is 1. The predicted octanol–water partition coefficient (Wildman–Crippen LogP) is 4.72. The number of carbonyl (C=O) groups excluding carboxylic acids is 7. The summed E-state index contributed by atoms with van der Waals surface area (Å²) in [5.41, 5.74) is 0.667. The van der Waals surface area contributed by atoms with Gasteiger partial charge >= 0.3 is 6.09 Å². The van der Waals surface area contributed by atoms with Crippen molar-refractivity contribution >= 4 is 52.2 Å². The fraction of sp³-hybridized carbons (Fsp3) is 0.511. The van der Waals surface area contributed by atoms with Crippen LogP contribution in [0.3, 0.4) is 0 Å². The van der Waals surface area contributed by atoms with Crippen LogP contribution in [0.15, 0.2) is 72.8 Å². The predicted molar refractivity (Wildman–Crippen MR) is 233 cm³/mol. The number of Topliss-reactive ketones (excluding diaryl/α,β-unsaturated/α-hetero) is 1. The molecule has 4 unspecified atom stereocenters. The second kappa shape index (κ2) is 21.8. The SMILES string of the molecule is CCCC(NC(=O)C1CC(OCc2cccc3ccccc23)CN1C(=O)[C@@H](NC(=O)OC(C)(C)C)C1CCCCC1)C(=O)C(=O)NCC(=O)NC(C(=O)N(C)C)c1ccccc1. The molecular weight excluding hydrogens is 793 g/mol. The van der Waals surface area contributed by atoms with Gasteiger partial charge in [0, 0.05) is 27.1 Å². The van der Waals surface area contributed by atoms with Crippen molar-refractivity contribution in [1.82, 2.24) is 31.1 Å². The standard InChI is InChI=1S/C47H62N6O9/c1-7-17-36(41(55)43(57)48-27-38(54)50-39(44(58)52(5)6)31-19-10-8-11-20-31)49-42(56)37-26-34(61-29-33-24-16-23-30-18-14-15-25-35(30)33)28-53(37)45(59)40(32-21-12-9-13-22-32)51-46(60)62-47(2,3)4/h8,10-11,14-16,18-20,23-25,32,34,36-37,39-40H,7,9,12-13,17,21-22,26-29H2,1-6H3,(H,48,57)(H,49,56)(H,50,54)(H,51,60)/t34?,36?,37?,39?,40-/m0/s1. The van der Waals surface area contributed by atoms with Gasteiger partial charge in [0.25, 0.3) is 5.91 Å². The largest absolute Gasteiger partial charge is 0.444 e. The van der Waals surface area contributed by atoms with E-state index in [2.05, 4.69) is 21.3 Å². The molecule has 15 heteroatoms. The van der Waals surface area contributed by atoms with E-state index in [0.717, 1.165) is 35.6 Å². The first-order chi connectivity index (χ1) is 29.6. The van der Waals surface area contributed by atoms with E-state index >= 15 is 0 Å². The molecule has 2 aliphatic rings. The van der Waals surface area contributed by atoms with Crippen molar-refractivity contribution in [3.8, 4) is 0 Å². The number of carbonyl (C=O) groups is 7. The van der Waals surface area contributed by atoms with Crippen molar-refractivity contribution in [3.63, 3.8) is 0 Å². The summed E-state index contributed by atoms with van der Waals surface area (Å²) in [4.78, 5) is 97.9. The van der Waals surface area contributed by atoms with Crippen LogP contribution in [0.25, 0.3) is 10.8 Å². The van der Waals surface area contributed by atoms with Gasteiger partial charge in [0.1, 0.15) is 23.7 Å². The average molecular weight is 855 g/mol. The Balaban J connectivity index is 1.32. The Morgan fingerprint density at radius 3 is 2.19 bits per heavy atom. The molecule has 3 aromatic carbocycles. The number of ether oxygens (including phenoxy) is 2. The van der Waals surface area contributed by atoms with Crippen LogP contribution < -0.4 is 21.3 Å². The summed E-state index contributed by atoms with van der Waals surface area (Å²) in [6, 6.07) is 18.1. The zero-order chi connectivity index (χ0) is 45.0. The summed E-state index contributed by atoms with van der Waals surface area (Å²) in [5.74, 6) is -4.45. The second-order valence-corrected chi connectivity index (χ2v) is 17.4. The van der Waals surface area contributed by atoms with Crippen LogP contribution in [0.5, 0.6) is 0 Å². The van der Waals surface area contributed by atoms with Gasteiger partial charge in [-0.2, -0.15) is 0 Å². The minimum atomic E-state index is -1.27. The van der Waals surface area contributed by atoms with Gasteiger partial charge in [0.2, 0.25) is 29.4 Å². The quantitative estimate of drug-likeness (QED) is 0.139. The van der Waals surface area contributed by atoms with Crippen LogP contribution in [0.4, 0.5) is 4.79 Å². The van der Waals surface area contributed by atoms with Crippen LogP contribution in [0, 0.1) is 5.92 Å². The zero-order valence-corrected chi connectivity index (χ0v) is 36.7. The van der Waals surface area contributed by atoms with E-state index in [1.165, 1.54) is 9.80 Å². The van der Waals surface area contributed by atoms with Crippen LogP contribution in [0.2, 0.25) is 0 Å². The second-order valence-electron chi connectivity index (χ2n) is 17.4. The first-order valence-electron chi connectivity index (χ1n) is 21.6. The molecule has 1 heterocycles. The Morgan fingerprint density at radius 1 is 0.839 bits per heavy atom. The van der Waals surface area contributed by atoms with E-state index in [1.54, 1.807) is 72.1 Å². The monoisotopic (exact) mass is 854 g/mol. The van der Waals surface area contributed by atoms with E-state index in [0.29, 0.717) is 24.8 Å². The molecule has 0 aromatic heterocycles. The summed E-state index contributed by atoms with van der Waals surface area (Å²) < 4.78 is 12.0. The molecule has 4 N–H and O–H groups in total. The maximum atomic E-state index is 14.7. The smallest absolute Gasteiger partial charge is 0.408 e. The van der Waals surface area contributed by atoms with Gasteiger partial charge in [0.15, 0.2) is 0 Å². The van der Waals surface area contributed by atoms with Gasteiger partial charge < -0.3 is 40.5 Å². The van der Waals surface area contributed by atoms with Crippen molar-refractivity contribution in [2.75, 3.05) is 27.2 Å². The molecule has 0 radical (unpaired) electrons. The highest BCUT2D eigenvalue weighted by Gasteiger charge is 2.45. The zero-order valence-electron chi connectivity index (χ0n) is 36.7. The van der Waals surface area contributed by atoms with Crippen LogP contribution >= 0.6 is 0 Å². The van der Waals surface area contributed by atoms with Gasteiger partial charge in [-0.3, -0.25) is 28.8 Å². The molecule has 1 aliphatic carbocycles. The molecule has 3 aromatic rings. The number of rotatable bonds is 17. The van der Waals surface area contributed by atoms with Crippen LogP contribution in [-0.4, -0.2) is 108 Å². The lowest BCUT2D eigenvalue weighted by Crippen LogP contribution is -2.58. The molecule has 1 saturated heterocycles. The van der Waals surface area contributed by atoms with Gasteiger partial charge in [0.05, 0.1) is 25.3 Å². The highest BCUT2D eigenvalue weighted by molar-refractivity contribution is 6.38. The molecule has 1 aliphatic heterocycles. The third kappa shape index (κ3) is 12.8. The Morgan fingerprint density at radius 2 is 1.52 bits per heavy atom. The first-order valence-corrected chi connectivity index (χ1v) is 21.6. The van der Waals surface area contributed by atoms with E-state index in [9.17, 15) is 33.6 Å². The topological polar surface area (TPSA) is 193 Å². The minimum Gasteiger partial charge on any atom is -0.444 e. The van der Waals surface area contributed by atoms with E-state index < -0.39 is 77.9 Å². The summed E-state index contributed by atoms with van der Waals surface area (Å²) in [7, 11) is 3.12. The van der Waals surface area contributed by atoms with Crippen LogP contribution in [-0.2, 0) is 44.8 Å². The lowest BCUT2D eigenvalue weighted by Gasteiger charge is -2.35. The van der Waals surface area contributed by atoms with Crippen LogP contribution in [0.1, 0.15) is 96.2 Å². The summed E-state index contributed by atoms with van der Waals surface area (Å²) >= 11 is 0. The maximum Gasteiger partial charge on any atom is 0.408 e. The number of alkyl carbamates (subject to hydrolysis) is 1. The number of nitrogens with zero attached hydrogens (tertiary/aromatic N) is 2. The van der Waals surface area contributed by atoms with E-state index in [1.807, 2.05) is 42.5 Å². The minimum absolute atomic E-state index is 0.0448. The molecule has 6 amide bonds. The van der Waals surface area contributed by atoms with E-state index in [-0.39, 0.29) is 37.8 Å². The molecule has 62 heavy (non-hydrogen) atoms. The highest BCUT2D eigenvalue weighted by atomic mass is 16.6. The summed E-state index contributed by atoms with van der Waals surface area (Å²) in [5, 5.41) is 12.6. The highest BCUT2D eigenvalue weighted by Crippen LogP contribution is 2.31. The molecule has 0 spiro atoms. The molecule has 2 fully saturated rings.